The van der Waals surface area contributed by atoms with Crippen molar-refractivity contribution >= 4 is 0 Å². The van der Waals surface area contributed by atoms with Crippen LogP contribution in [0.2, 0.25) is 0 Å². The SMILES string of the molecule is CCCCCN(C(C)C)C1CC(CCC)CCC1NCC. The number of rotatable bonds is 10. The monoisotopic (exact) mass is 296 g/mol. The van der Waals surface area contributed by atoms with Crippen molar-refractivity contribution in [1.82, 2.24) is 10.2 Å². The third-order valence-electron chi connectivity index (χ3n) is 5.20. The Morgan fingerprint density at radius 1 is 1.05 bits per heavy atom. The van der Waals surface area contributed by atoms with Crippen LogP contribution in [0.25, 0.3) is 0 Å². The smallest absolute Gasteiger partial charge is 0.0254 e. The predicted octanol–water partition coefficient (Wildman–Crippen LogP) is 4.83. The Morgan fingerprint density at radius 3 is 2.38 bits per heavy atom. The van der Waals surface area contributed by atoms with Crippen LogP contribution >= 0.6 is 0 Å². The molecule has 126 valence electrons. The van der Waals surface area contributed by atoms with E-state index in [0.29, 0.717) is 12.1 Å². The minimum atomic E-state index is 0.674. The number of hydrogen-bond donors (Lipinski definition) is 1. The molecule has 0 aromatic carbocycles. The van der Waals surface area contributed by atoms with E-state index in [4.69, 9.17) is 0 Å². The van der Waals surface area contributed by atoms with E-state index in [0.717, 1.165) is 18.5 Å². The molecule has 21 heavy (non-hydrogen) atoms. The first-order valence-corrected chi connectivity index (χ1v) is 9.63. The molecule has 0 saturated heterocycles. The second-order valence-electron chi connectivity index (χ2n) is 7.24. The van der Waals surface area contributed by atoms with E-state index < -0.39 is 0 Å². The van der Waals surface area contributed by atoms with Crippen LogP contribution < -0.4 is 5.32 Å². The van der Waals surface area contributed by atoms with E-state index in [1.807, 2.05) is 0 Å². The first kappa shape index (κ1) is 19.0. The Hall–Kier alpha value is -0.0800. The van der Waals surface area contributed by atoms with Crippen LogP contribution in [0.4, 0.5) is 0 Å². The highest BCUT2D eigenvalue weighted by Gasteiger charge is 2.34. The molecule has 1 saturated carbocycles. The van der Waals surface area contributed by atoms with Crippen LogP contribution in [0.15, 0.2) is 0 Å². The number of hydrogen-bond acceptors (Lipinski definition) is 2. The van der Waals surface area contributed by atoms with Gasteiger partial charge in [0.2, 0.25) is 0 Å². The van der Waals surface area contributed by atoms with E-state index in [-0.39, 0.29) is 0 Å². The standard InChI is InChI=1S/C19H40N2/c1-6-9-10-14-21(16(4)5)19-15-17(11-7-2)12-13-18(19)20-8-3/h16-20H,6-15H2,1-5H3. The van der Waals surface area contributed by atoms with Crippen LogP contribution in [0.3, 0.4) is 0 Å². The minimum absolute atomic E-state index is 0.674. The van der Waals surface area contributed by atoms with Gasteiger partial charge < -0.3 is 5.32 Å². The third-order valence-corrected chi connectivity index (χ3v) is 5.20. The zero-order valence-corrected chi connectivity index (χ0v) is 15.3. The first-order chi connectivity index (χ1) is 10.1. The molecule has 2 heteroatoms. The van der Waals surface area contributed by atoms with Crippen LogP contribution in [0.5, 0.6) is 0 Å². The fraction of sp³-hybridized carbons (Fsp3) is 1.00. The molecule has 1 fully saturated rings. The summed E-state index contributed by atoms with van der Waals surface area (Å²) in [6, 6.07) is 2.15. The van der Waals surface area contributed by atoms with Gasteiger partial charge in [-0.05, 0) is 58.5 Å². The molecule has 0 radical (unpaired) electrons. The van der Waals surface area contributed by atoms with Crippen molar-refractivity contribution in [3.63, 3.8) is 0 Å². The normalized spacial score (nSPS) is 26.7. The maximum absolute atomic E-state index is 3.78. The van der Waals surface area contributed by atoms with Gasteiger partial charge >= 0.3 is 0 Å². The third kappa shape index (κ3) is 6.28. The molecule has 3 unspecified atom stereocenters. The van der Waals surface area contributed by atoms with Gasteiger partial charge in [0, 0.05) is 18.1 Å². The van der Waals surface area contributed by atoms with Gasteiger partial charge in [0.25, 0.3) is 0 Å². The van der Waals surface area contributed by atoms with Crippen LogP contribution in [-0.2, 0) is 0 Å². The van der Waals surface area contributed by atoms with E-state index in [1.54, 1.807) is 0 Å². The Morgan fingerprint density at radius 2 is 1.81 bits per heavy atom. The average Bonchev–Trinajstić information content (AvgIpc) is 2.46. The van der Waals surface area contributed by atoms with Crippen molar-refractivity contribution in [2.75, 3.05) is 13.1 Å². The molecule has 1 aliphatic rings. The van der Waals surface area contributed by atoms with Gasteiger partial charge in [-0.15, -0.1) is 0 Å². The van der Waals surface area contributed by atoms with Gasteiger partial charge in [-0.1, -0.05) is 46.5 Å². The van der Waals surface area contributed by atoms with E-state index >= 15 is 0 Å². The second-order valence-corrected chi connectivity index (χ2v) is 7.24. The average molecular weight is 297 g/mol. The Balaban J connectivity index is 2.70. The molecule has 2 nitrogen and oxygen atoms in total. The highest BCUT2D eigenvalue weighted by atomic mass is 15.2. The molecule has 0 bridgehead atoms. The summed E-state index contributed by atoms with van der Waals surface area (Å²) in [5, 5.41) is 3.78. The summed E-state index contributed by atoms with van der Waals surface area (Å²) in [6.07, 6.45) is 11.1. The number of nitrogens with one attached hydrogen (secondary N) is 1. The van der Waals surface area contributed by atoms with Crippen molar-refractivity contribution in [1.29, 1.82) is 0 Å². The Bertz CT molecular complexity index is 252. The van der Waals surface area contributed by atoms with Gasteiger partial charge in [-0.3, -0.25) is 4.90 Å². The van der Waals surface area contributed by atoms with Crippen molar-refractivity contribution in [2.45, 2.75) is 104 Å². The lowest BCUT2D eigenvalue weighted by molar-refractivity contribution is 0.0680. The molecule has 1 rings (SSSR count). The quantitative estimate of drug-likeness (QED) is 0.581. The van der Waals surface area contributed by atoms with E-state index in [1.165, 1.54) is 57.9 Å². The first-order valence-electron chi connectivity index (χ1n) is 9.63. The zero-order chi connectivity index (χ0) is 15.7. The molecule has 0 heterocycles. The largest absolute Gasteiger partial charge is 0.313 e. The summed E-state index contributed by atoms with van der Waals surface area (Å²) in [7, 11) is 0. The van der Waals surface area contributed by atoms with Crippen LogP contribution in [-0.4, -0.2) is 36.1 Å². The van der Waals surface area contributed by atoms with Gasteiger partial charge in [0.1, 0.15) is 0 Å². The second kappa shape index (κ2) is 10.6. The predicted molar refractivity (Wildman–Crippen MR) is 94.9 cm³/mol. The summed E-state index contributed by atoms with van der Waals surface area (Å²) < 4.78 is 0. The topological polar surface area (TPSA) is 15.3 Å². The van der Waals surface area contributed by atoms with Crippen molar-refractivity contribution in [2.24, 2.45) is 5.92 Å². The van der Waals surface area contributed by atoms with Crippen LogP contribution in [0, 0.1) is 5.92 Å². The molecule has 0 spiro atoms. The Kier molecular flexibility index (Phi) is 9.59. The van der Waals surface area contributed by atoms with E-state index in [2.05, 4.69) is 44.8 Å². The Labute approximate surface area is 134 Å². The highest BCUT2D eigenvalue weighted by Crippen LogP contribution is 2.32. The summed E-state index contributed by atoms with van der Waals surface area (Å²) in [6.45, 7) is 14.1. The lowest BCUT2D eigenvalue weighted by Crippen LogP contribution is -2.55. The van der Waals surface area contributed by atoms with Gasteiger partial charge in [-0.25, -0.2) is 0 Å². The number of likely N-dealkylation sites (N-methyl/N-ethyl adjacent to an activating group) is 1. The molecule has 3 atom stereocenters. The van der Waals surface area contributed by atoms with Crippen LogP contribution in [0.1, 0.15) is 86.0 Å². The minimum Gasteiger partial charge on any atom is -0.313 e. The van der Waals surface area contributed by atoms with Crippen molar-refractivity contribution < 1.29 is 0 Å². The summed E-state index contributed by atoms with van der Waals surface area (Å²) >= 11 is 0. The molecule has 1 aliphatic carbocycles. The van der Waals surface area contributed by atoms with Gasteiger partial charge in [-0.2, -0.15) is 0 Å². The number of unbranched alkanes of at least 4 members (excludes halogenated alkanes) is 2. The maximum Gasteiger partial charge on any atom is 0.0254 e. The van der Waals surface area contributed by atoms with Gasteiger partial charge in [0.05, 0.1) is 0 Å². The fourth-order valence-electron chi connectivity index (χ4n) is 4.12. The fourth-order valence-corrected chi connectivity index (χ4v) is 4.12. The van der Waals surface area contributed by atoms with E-state index in [9.17, 15) is 0 Å². The molecule has 0 aromatic rings. The molecule has 0 aliphatic heterocycles. The lowest BCUT2D eigenvalue weighted by atomic mass is 9.79. The molecule has 1 N–H and O–H groups in total. The summed E-state index contributed by atoms with van der Waals surface area (Å²) in [5.41, 5.74) is 0. The van der Waals surface area contributed by atoms with Crippen molar-refractivity contribution in [3.8, 4) is 0 Å². The van der Waals surface area contributed by atoms with Crippen molar-refractivity contribution in [3.05, 3.63) is 0 Å². The maximum atomic E-state index is 3.78. The molecule has 0 amide bonds. The number of nitrogens with zero attached hydrogens (tertiary/aromatic N) is 1. The summed E-state index contributed by atoms with van der Waals surface area (Å²) in [4.78, 5) is 2.81. The zero-order valence-electron chi connectivity index (χ0n) is 15.3. The molecular weight excluding hydrogens is 256 g/mol. The molecule has 0 aromatic heterocycles. The lowest BCUT2D eigenvalue weighted by Gasteiger charge is -2.45. The summed E-state index contributed by atoms with van der Waals surface area (Å²) in [5.74, 6) is 0.960. The van der Waals surface area contributed by atoms with Gasteiger partial charge in [0.15, 0.2) is 0 Å². The molecular formula is C19H40N2. The highest BCUT2D eigenvalue weighted by molar-refractivity contribution is 4.92.